The van der Waals surface area contributed by atoms with Gasteiger partial charge >= 0.3 is 6.01 Å². The SMILES string of the molecule is CCCCCOc1nc(C)c(CC)c(N(CC)CCCC#N)n1. The maximum absolute atomic E-state index is 8.74. The van der Waals surface area contributed by atoms with E-state index in [2.05, 4.69) is 41.7 Å². The lowest BCUT2D eigenvalue weighted by Gasteiger charge is -2.25. The van der Waals surface area contributed by atoms with Gasteiger partial charge in [0.15, 0.2) is 0 Å². The predicted octanol–water partition coefficient (Wildman–Crippen LogP) is 4.05. The molecule has 0 N–H and O–H groups in total. The molecule has 0 unspecified atom stereocenters. The highest BCUT2D eigenvalue weighted by Crippen LogP contribution is 2.24. The van der Waals surface area contributed by atoms with Gasteiger partial charge in [-0.2, -0.15) is 10.2 Å². The molecule has 1 rings (SSSR count). The smallest absolute Gasteiger partial charge is 0.318 e. The third-order valence-corrected chi connectivity index (χ3v) is 3.90. The molecule has 23 heavy (non-hydrogen) atoms. The standard InChI is InChI=1S/C18H30N4O/c1-5-8-11-14-23-18-20-15(4)16(6-2)17(21-18)22(7-3)13-10-9-12-19/h5-11,13-14H2,1-4H3. The number of aromatic nitrogens is 2. The highest BCUT2D eigenvalue weighted by Gasteiger charge is 2.16. The quantitative estimate of drug-likeness (QED) is 0.576. The number of nitrogens with zero attached hydrogens (tertiary/aromatic N) is 4. The molecule has 0 spiro atoms. The van der Waals surface area contributed by atoms with Crippen LogP contribution in [-0.2, 0) is 6.42 Å². The Bertz CT molecular complexity index is 510. The summed E-state index contributed by atoms with van der Waals surface area (Å²) in [6, 6.07) is 2.68. The van der Waals surface area contributed by atoms with Crippen molar-refractivity contribution in [3.8, 4) is 12.1 Å². The third-order valence-electron chi connectivity index (χ3n) is 3.90. The molecule has 0 aliphatic carbocycles. The van der Waals surface area contributed by atoms with Gasteiger partial charge in [-0.05, 0) is 33.1 Å². The molecule has 0 saturated heterocycles. The van der Waals surface area contributed by atoms with Gasteiger partial charge in [0.2, 0.25) is 0 Å². The van der Waals surface area contributed by atoms with E-state index in [9.17, 15) is 0 Å². The lowest BCUT2D eigenvalue weighted by atomic mass is 10.1. The minimum atomic E-state index is 0.476. The summed E-state index contributed by atoms with van der Waals surface area (Å²) >= 11 is 0. The minimum absolute atomic E-state index is 0.476. The van der Waals surface area contributed by atoms with Crippen molar-refractivity contribution in [2.24, 2.45) is 0 Å². The molecule has 1 heterocycles. The fourth-order valence-electron chi connectivity index (χ4n) is 2.57. The molecule has 0 aromatic carbocycles. The summed E-state index contributed by atoms with van der Waals surface area (Å²) < 4.78 is 5.75. The normalized spacial score (nSPS) is 10.4. The second-order valence-electron chi connectivity index (χ2n) is 5.64. The van der Waals surface area contributed by atoms with E-state index in [1.165, 1.54) is 12.0 Å². The number of unbranched alkanes of at least 4 members (excludes halogenated alkanes) is 3. The van der Waals surface area contributed by atoms with Crippen LogP contribution in [0.1, 0.15) is 64.1 Å². The van der Waals surface area contributed by atoms with Crippen LogP contribution in [0.5, 0.6) is 6.01 Å². The van der Waals surface area contributed by atoms with Crippen LogP contribution in [0.4, 0.5) is 5.82 Å². The molecule has 5 nitrogen and oxygen atoms in total. The van der Waals surface area contributed by atoms with Crippen molar-refractivity contribution in [1.29, 1.82) is 5.26 Å². The van der Waals surface area contributed by atoms with E-state index in [0.29, 0.717) is 19.0 Å². The fourth-order valence-corrected chi connectivity index (χ4v) is 2.57. The van der Waals surface area contributed by atoms with Crippen molar-refractivity contribution in [3.63, 3.8) is 0 Å². The summed E-state index contributed by atoms with van der Waals surface area (Å²) in [6.07, 6.45) is 5.68. The zero-order valence-corrected chi connectivity index (χ0v) is 15.1. The van der Waals surface area contributed by atoms with Crippen LogP contribution in [0.3, 0.4) is 0 Å². The first-order valence-corrected chi connectivity index (χ1v) is 8.80. The highest BCUT2D eigenvalue weighted by molar-refractivity contribution is 5.49. The van der Waals surface area contributed by atoms with E-state index in [0.717, 1.165) is 50.3 Å². The van der Waals surface area contributed by atoms with Gasteiger partial charge in [-0.25, -0.2) is 4.98 Å². The molecule has 1 aromatic rings. The second-order valence-corrected chi connectivity index (χ2v) is 5.64. The van der Waals surface area contributed by atoms with Crippen LogP contribution in [0.2, 0.25) is 0 Å². The summed E-state index contributed by atoms with van der Waals surface area (Å²) in [4.78, 5) is 11.4. The molecule has 0 fully saturated rings. The Kier molecular flexibility index (Phi) is 9.04. The number of hydrogen-bond acceptors (Lipinski definition) is 5. The zero-order chi connectivity index (χ0) is 17.1. The average molecular weight is 318 g/mol. The van der Waals surface area contributed by atoms with Gasteiger partial charge in [-0.1, -0.05) is 26.7 Å². The van der Waals surface area contributed by atoms with Crippen molar-refractivity contribution < 1.29 is 4.74 Å². The average Bonchev–Trinajstić information content (AvgIpc) is 2.55. The van der Waals surface area contributed by atoms with Crippen molar-refractivity contribution in [2.45, 2.75) is 66.2 Å². The summed E-state index contributed by atoms with van der Waals surface area (Å²) in [5.41, 5.74) is 2.16. The van der Waals surface area contributed by atoms with Crippen LogP contribution in [0.25, 0.3) is 0 Å². The Balaban J connectivity index is 2.92. The van der Waals surface area contributed by atoms with Crippen molar-refractivity contribution in [3.05, 3.63) is 11.3 Å². The summed E-state index contributed by atoms with van der Waals surface area (Å²) in [5, 5.41) is 8.74. The van der Waals surface area contributed by atoms with Gasteiger partial charge in [0.25, 0.3) is 0 Å². The maximum Gasteiger partial charge on any atom is 0.318 e. The molecule has 0 radical (unpaired) electrons. The number of nitriles is 1. The lowest BCUT2D eigenvalue weighted by molar-refractivity contribution is 0.282. The van der Waals surface area contributed by atoms with Crippen LogP contribution < -0.4 is 9.64 Å². The first kappa shape index (κ1) is 19.2. The number of rotatable bonds is 11. The molecule has 0 bridgehead atoms. The molecule has 0 aliphatic rings. The number of ether oxygens (including phenoxy) is 1. The fraction of sp³-hybridized carbons (Fsp3) is 0.722. The van der Waals surface area contributed by atoms with E-state index in [4.69, 9.17) is 10.00 Å². The Labute approximate surface area is 140 Å². The Morgan fingerprint density at radius 3 is 2.52 bits per heavy atom. The van der Waals surface area contributed by atoms with E-state index in [1.807, 2.05) is 6.92 Å². The predicted molar refractivity (Wildman–Crippen MR) is 93.9 cm³/mol. The van der Waals surface area contributed by atoms with Crippen LogP contribution in [0, 0.1) is 18.3 Å². The molecular weight excluding hydrogens is 288 g/mol. The number of hydrogen-bond donors (Lipinski definition) is 0. The largest absolute Gasteiger partial charge is 0.463 e. The third kappa shape index (κ3) is 6.05. The lowest BCUT2D eigenvalue weighted by Crippen LogP contribution is -2.27. The van der Waals surface area contributed by atoms with Gasteiger partial charge in [0, 0.05) is 30.8 Å². The highest BCUT2D eigenvalue weighted by atomic mass is 16.5. The molecule has 0 amide bonds. The first-order chi connectivity index (χ1) is 11.2. The molecule has 0 aliphatic heterocycles. The molecule has 0 saturated carbocycles. The van der Waals surface area contributed by atoms with Crippen LogP contribution in [0.15, 0.2) is 0 Å². The Hall–Kier alpha value is -1.83. The second kappa shape index (κ2) is 10.8. The van der Waals surface area contributed by atoms with E-state index >= 15 is 0 Å². The molecule has 128 valence electrons. The number of anilines is 1. The zero-order valence-electron chi connectivity index (χ0n) is 15.1. The van der Waals surface area contributed by atoms with Crippen LogP contribution >= 0.6 is 0 Å². The molecule has 5 heteroatoms. The van der Waals surface area contributed by atoms with Crippen molar-refractivity contribution in [1.82, 2.24) is 9.97 Å². The van der Waals surface area contributed by atoms with Crippen molar-refractivity contribution >= 4 is 5.82 Å². The number of aryl methyl sites for hydroxylation is 1. The maximum atomic E-state index is 8.74. The Morgan fingerprint density at radius 1 is 1.13 bits per heavy atom. The first-order valence-electron chi connectivity index (χ1n) is 8.80. The van der Waals surface area contributed by atoms with E-state index in [-0.39, 0.29) is 0 Å². The van der Waals surface area contributed by atoms with Gasteiger partial charge in [0.05, 0.1) is 12.7 Å². The Morgan fingerprint density at radius 2 is 1.91 bits per heavy atom. The van der Waals surface area contributed by atoms with Crippen LogP contribution in [-0.4, -0.2) is 29.7 Å². The minimum Gasteiger partial charge on any atom is -0.463 e. The van der Waals surface area contributed by atoms with Gasteiger partial charge < -0.3 is 9.64 Å². The molecular formula is C18H30N4O. The topological polar surface area (TPSA) is 62.0 Å². The van der Waals surface area contributed by atoms with Gasteiger partial charge in [-0.15, -0.1) is 0 Å². The molecule has 0 atom stereocenters. The molecule has 1 aromatic heterocycles. The van der Waals surface area contributed by atoms with Crippen molar-refractivity contribution in [2.75, 3.05) is 24.6 Å². The summed E-state index contributed by atoms with van der Waals surface area (Å²) in [6.45, 7) is 10.8. The monoisotopic (exact) mass is 318 g/mol. The summed E-state index contributed by atoms with van der Waals surface area (Å²) in [5.74, 6) is 0.964. The van der Waals surface area contributed by atoms with Gasteiger partial charge in [-0.3, -0.25) is 0 Å². The summed E-state index contributed by atoms with van der Waals surface area (Å²) in [7, 11) is 0. The van der Waals surface area contributed by atoms with Gasteiger partial charge in [0.1, 0.15) is 5.82 Å². The van der Waals surface area contributed by atoms with E-state index < -0.39 is 0 Å². The van der Waals surface area contributed by atoms with E-state index in [1.54, 1.807) is 0 Å².